The average molecular weight is 499 g/mol. The number of para-hydroxylation sites is 1. The van der Waals surface area contributed by atoms with E-state index in [4.69, 9.17) is 16.3 Å². The summed E-state index contributed by atoms with van der Waals surface area (Å²) >= 11 is 8.51. The molecule has 0 atom stereocenters. The Morgan fingerprint density at radius 2 is 1.85 bits per heavy atom. The lowest BCUT2D eigenvalue weighted by molar-refractivity contribution is -0.113. The number of benzene rings is 2. The molecule has 0 fully saturated rings. The molecule has 0 radical (unpaired) electrons. The Morgan fingerprint density at radius 1 is 1.12 bits per heavy atom. The zero-order valence-corrected chi connectivity index (χ0v) is 20.1. The highest BCUT2D eigenvalue weighted by Crippen LogP contribution is 2.36. The zero-order valence-electron chi connectivity index (χ0n) is 17.7. The number of carbonyl (C=O) groups excluding carboxylic acids is 2. The number of carbonyl (C=O) groups is 2. The first-order valence-electron chi connectivity index (χ1n) is 9.83. The van der Waals surface area contributed by atoms with Crippen molar-refractivity contribution in [2.75, 3.05) is 18.2 Å². The maximum Gasteiger partial charge on any atom is 0.341 e. The number of hydrogen-bond acceptors (Lipinski definition) is 7. The fourth-order valence-corrected chi connectivity index (χ4v) is 5.10. The summed E-state index contributed by atoms with van der Waals surface area (Å²) in [5.41, 5.74) is 2.71. The molecule has 2 heterocycles. The van der Waals surface area contributed by atoms with Crippen molar-refractivity contribution in [2.24, 2.45) is 0 Å². The van der Waals surface area contributed by atoms with Gasteiger partial charge in [-0.25, -0.2) is 4.79 Å². The molecule has 1 amide bonds. The molecule has 0 unspecified atom stereocenters. The fraction of sp³-hybridized carbons (Fsp3) is 0.130. The normalized spacial score (nSPS) is 10.8. The number of anilines is 1. The lowest BCUT2D eigenvalue weighted by atomic mass is 10.0. The Hall–Kier alpha value is -3.14. The number of hydrogen-bond donors (Lipinski definition) is 1. The summed E-state index contributed by atoms with van der Waals surface area (Å²) in [5.74, 6) is 0.0289. The van der Waals surface area contributed by atoms with Crippen LogP contribution in [-0.2, 0) is 9.53 Å². The van der Waals surface area contributed by atoms with E-state index in [0.29, 0.717) is 26.3 Å². The minimum atomic E-state index is -0.524. The van der Waals surface area contributed by atoms with E-state index in [-0.39, 0.29) is 11.7 Å². The summed E-state index contributed by atoms with van der Waals surface area (Å²) in [6, 6.07) is 16.8. The fourth-order valence-electron chi connectivity index (χ4n) is 3.20. The minimum absolute atomic E-state index is 0.0970. The standard InChI is InChI=1S/C23H19ClN4O3S2/c1-14-26-27-23(28(14)17-6-4-3-5-7-17)33-13-19(29)25-21-20(22(30)31-2)18(12-32-21)15-8-10-16(24)11-9-15/h3-12H,13H2,1-2H3,(H,25,29). The van der Waals surface area contributed by atoms with Crippen LogP contribution in [0.4, 0.5) is 5.00 Å². The van der Waals surface area contributed by atoms with Gasteiger partial charge in [0, 0.05) is 21.7 Å². The lowest BCUT2D eigenvalue weighted by Crippen LogP contribution is -2.16. The summed E-state index contributed by atoms with van der Waals surface area (Å²) in [6.45, 7) is 1.86. The third-order valence-electron chi connectivity index (χ3n) is 4.73. The molecule has 7 nitrogen and oxygen atoms in total. The van der Waals surface area contributed by atoms with Crippen LogP contribution in [0.2, 0.25) is 5.02 Å². The molecule has 4 rings (SSSR count). The molecular formula is C23H19ClN4O3S2. The Morgan fingerprint density at radius 3 is 2.55 bits per heavy atom. The van der Waals surface area contributed by atoms with Gasteiger partial charge in [0.25, 0.3) is 0 Å². The van der Waals surface area contributed by atoms with Gasteiger partial charge in [-0.15, -0.1) is 21.5 Å². The van der Waals surface area contributed by atoms with Gasteiger partial charge in [-0.3, -0.25) is 9.36 Å². The first-order valence-corrected chi connectivity index (χ1v) is 12.1. The number of nitrogens with one attached hydrogen (secondary N) is 1. The van der Waals surface area contributed by atoms with E-state index < -0.39 is 5.97 Å². The van der Waals surface area contributed by atoms with Crippen molar-refractivity contribution >= 4 is 51.6 Å². The number of ether oxygens (including phenoxy) is 1. The molecule has 0 spiro atoms. The van der Waals surface area contributed by atoms with Crippen LogP contribution in [-0.4, -0.2) is 39.5 Å². The van der Waals surface area contributed by atoms with Gasteiger partial charge in [-0.1, -0.05) is 53.7 Å². The second-order valence-corrected chi connectivity index (χ2v) is 9.15. The Bertz CT molecular complexity index is 1290. The van der Waals surface area contributed by atoms with E-state index in [1.165, 1.54) is 30.2 Å². The number of aryl methyl sites for hydroxylation is 1. The van der Waals surface area contributed by atoms with E-state index in [1.807, 2.05) is 59.3 Å². The molecule has 0 saturated heterocycles. The van der Waals surface area contributed by atoms with Crippen molar-refractivity contribution in [3.63, 3.8) is 0 Å². The molecule has 2 aromatic carbocycles. The second kappa shape index (κ2) is 10.2. The SMILES string of the molecule is COC(=O)c1c(-c2ccc(Cl)cc2)csc1NC(=O)CSc1nnc(C)n1-c1ccccc1. The maximum atomic E-state index is 12.7. The molecule has 0 aliphatic rings. The average Bonchev–Trinajstić information content (AvgIpc) is 3.41. The van der Waals surface area contributed by atoms with Crippen LogP contribution >= 0.6 is 34.7 Å². The summed E-state index contributed by atoms with van der Waals surface area (Å²) in [7, 11) is 1.31. The quantitative estimate of drug-likeness (QED) is 0.268. The van der Waals surface area contributed by atoms with Crippen LogP contribution < -0.4 is 5.32 Å². The van der Waals surface area contributed by atoms with Crippen molar-refractivity contribution in [3.05, 3.63) is 76.4 Å². The lowest BCUT2D eigenvalue weighted by Gasteiger charge is -2.09. The Balaban J connectivity index is 1.52. The largest absolute Gasteiger partial charge is 0.465 e. The number of thiophene rings is 1. The van der Waals surface area contributed by atoms with Crippen LogP contribution in [0, 0.1) is 6.92 Å². The molecule has 2 aromatic heterocycles. The first-order chi connectivity index (χ1) is 16.0. The molecule has 0 aliphatic heterocycles. The number of amides is 1. The summed E-state index contributed by atoms with van der Waals surface area (Å²) in [6.07, 6.45) is 0. The molecule has 33 heavy (non-hydrogen) atoms. The van der Waals surface area contributed by atoms with Gasteiger partial charge in [0.2, 0.25) is 5.91 Å². The Kier molecular flexibility index (Phi) is 7.12. The number of rotatable bonds is 7. The van der Waals surface area contributed by atoms with Gasteiger partial charge in [0.15, 0.2) is 5.16 Å². The maximum absolute atomic E-state index is 12.7. The topological polar surface area (TPSA) is 86.1 Å². The number of nitrogens with zero attached hydrogens (tertiary/aromatic N) is 3. The summed E-state index contributed by atoms with van der Waals surface area (Å²) < 4.78 is 6.85. The predicted molar refractivity (Wildman–Crippen MR) is 132 cm³/mol. The van der Waals surface area contributed by atoms with Crippen molar-refractivity contribution in [1.29, 1.82) is 0 Å². The van der Waals surface area contributed by atoms with Crippen LogP contribution in [0.3, 0.4) is 0 Å². The number of esters is 1. The van der Waals surface area contributed by atoms with Crippen molar-refractivity contribution in [3.8, 4) is 16.8 Å². The molecule has 0 saturated carbocycles. The molecule has 10 heteroatoms. The van der Waals surface area contributed by atoms with Crippen LogP contribution in [0.1, 0.15) is 16.2 Å². The second-order valence-electron chi connectivity index (χ2n) is 6.89. The van der Waals surface area contributed by atoms with E-state index >= 15 is 0 Å². The number of methoxy groups -OCH3 is 1. The molecular weight excluding hydrogens is 480 g/mol. The summed E-state index contributed by atoms with van der Waals surface area (Å²) in [5, 5.41) is 14.6. The minimum Gasteiger partial charge on any atom is -0.465 e. The van der Waals surface area contributed by atoms with E-state index in [1.54, 1.807) is 12.1 Å². The van der Waals surface area contributed by atoms with Gasteiger partial charge in [0.1, 0.15) is 16.4 Å². The third kappa shape index (κ3) is 5.11. The molecule has 168 valence electrons. The predicted octanol–water partition coefficient (Wildman–Crippen LogP) is 5.48. The van der Waals surface area contributed by atoms with E-state index in [9.17, 15) is 9.59 Å². The van der Waals surface area contributed by atoms with Crippen molar-refractivity contribution in [2.45, 2.75) is 12.1 Å². The van der Waals surface area contributed by atoms with E-state index in [0.717, 1.165) is 17.1 Å². The number of thioether (sulfide) groups is 1. The highest BCUT2D eigenvalue weighted by atomic mass is 35.5. The molecule has 0 bridgehead atoms. The highest BCUT2D eigenvalue weighted by molar-refractivity contribution is 7.99. The molecule has 1 N–H and O–H groups in total. The number of halogens is 1. The monoisotopic (exact) mass is 498 g/mol. The molecule has 4 aromatic rings. The van der Waals surface area contributed by atoms with E-state index in [2.05, 4.69) is 15.5 Å². The zero-order chi connectivity index (χ0) is 23.4. The number of aromatic nitrogens is 3. The van der Waals surface area contributed by atoms with Gasteiger partial charge < -0.3 is 10.1 Å². The van der Waals surface area contributed by atoms with Crippen LogP contribution in [0.25, 0.3) is 16.8 Å². The van der Waals surface area contributed by atoms with Gasteiger partial charge in [0.05, 0.1) is 12.9 Å². The Labute approximate surface area is 203 Å². The van der Waals surface area contributed by atoms with Crippen molar-refractivity contribution in [1.82, 2.24) is 14.8 Å². The van der Waals surface area contributed by atoms with Gasteiger partial charge in [-0.2, -0.15) is 0 Å². The molecule has 0 aliphatic carbocycles. The van der Waals surface area contributed by atoms with Crippen LogP contribution in [0.15, 0.2) is 65.1 Å². The van der Waals surface area contributed by atoms with Crippen LogP contribution in [0.5, 0.6) is 0 Å². The highest BCUT2D eigenvalue weighted by Gasteiger charge is 2.23. The third-order valence-corrected chi connectivity index (χ3v) is 6.81. The first kappa shape index (κ1) is 23.0. The van der Waals surface area contributed by atoms with Crippen molar-refractivity contribution < 1.29 is 14.3 Å². The smallest absolute Gasteiger partial charge is 0.341 e. The summed E-state index contributed by atoms with van der Waals surface area (Å²) in [4.78, 5) is 25.2. The van der Waals surface area contributed by atoms with Gasteiger partial charge >= 0.3 is 5.97 Å². The van der Waals surface area contributed by atoms with Gasteiger partial charge in [-0.05, 0) is 36.8 Å².